The summed E-state index contributed by atoms with van der Waals surface area (Å²) < 4.78 is 6.39. The molecule has 0 saturated heterocycles. The Kier molecular flexibility index (Phi) is 3.74. The molecule has 2 aromatic heterocycles. The summed E-state index contributed by atoms with van der Waals surface area (Å²) in [5, 5.41) is 18.9. The van der Waals surface area contributed by atoms with Crippen LogP contribution in [0.2, 0.25) is 0 Å². The number of carbonyl (C=O) groups is 1. The second kappa shape index (κ2) is 5.31. The maximum atomic E-state index is 11.5. The fourth-order valence-corrected chi connectivity index (χ4v) is 2.42. The summed E-state index contributed by atoms with van der Waals surface area (Å²) in [6, 6.07) is 1.33. The van der Waals surface area contributed by atoms with Crippen molar-refractivity contribution in [2.24, 2.45) is 0 Å². The number of carboxylic acid groups (broad SMARTS) is 1. The van der Waals surface area contributed by atoms with Gasteiger partial charge in [-0.3, -0.25) is 4.57 Å². The lowest BCUT2D eigenvalue weighted by Crippen LogP contribution is -2.19. The number of H-pyrrole nitrogens is 1. The first-order valence-corrected chi connectivity index (χ1v) is 6.46. The monoisotopic (exact) mass is 284 g/mol. The molecule has 0 aliphatic rings. The van der Waals surface area contributed by atoms with Crippen LogP contribution in [0, 0.1) is 0 Å². The van der Waals surface area contributed by atoms with Crippen LogP contribution < -0.4 is 5.69 Å². The molecule has 2 heterocycles. The normalized spacial score (nSPS) is 11.1. The summed E-state index contributed by atoms with van der Waals surface area (Å²) in [7, 11) is 0. The molecule has 0 bridgehead atoms. The maximum Gasteiger partial charge on any atom is 0.358 e. The molecule has 0 aromatic carbocycles. The molecule has 2 aromatic rings. The van der Waals surface area contributed by atoms with Gasteiger partial charge in [0.1, 0.15) is 5.76 Å². The highest BCUT2D eigenvalue weighted by molar-refractivity contribution is 7.98. The van der Waals surface area contributed by atoms with Crippen molar-refractivity contribution < 1.29 is 14.4 Å². The highest BCUT2D eigenvalue weighted by Crippen LogP contribution is 2.22. The quantitative estimate of drug-likeness (QED) is 0.791. The number of nitrogens with one attached hydrogen (secondary N) is 1. The van der Waals surface area contributed by atoms with Crippen LogP contribution in [-0.2, 0) is 5.75 Å². The highest BCUT2D eigenvalue weighted by Gasteiger charge is 2.15. The van der Waals surface area contributed by atoms with Crippen molar-refractivity contribution in [2.75, 3.05) is 0 Å². The zero-order valence-electron chi connectivity index (χ0n) is 10.3. The van der Waals surface area contributed by atoms with Crippen LogP contribution in [0.1, 0.15) is 36.1 Å². The van der Waals surface area contributed by atoms with Crippen LogP contribution in [0.25, 0.3) is 0 Å². The fourth-order valence-electron chi connectivity index (χ4n) is 1.46. The van der Waals surface area contributed by atoms with E-state index in [-0.39, 0.29) is 17.4 Å². The molecule has 0 unspecified atom stereocenters. The molecule has 0 aliphatic heterocycles. The van der Waals surface area contributed by atoms with E-state index in [1.807, 2.05) is 13.8 Å². The first kappa shape index (κ1) is 13.4. The molecule has 102 valence electrons. The van der Waals surface area contributed by atoms with Gasteiger partial charge in [-0.1, -0.05) is 16.9 Å². The molecule has 9 heteroatoms. The van der Waals surface area contributed by atoms with Crippen molar-refractivity contribution in [3.63, 3.8) is 0 Å². The van der Waals surface area contributed by atoms with E-state index in [1.165, 1.54) is 22.4 Å². The molecule has 0 amide bonds. The molecule has 0 atom stereocenters. The third-order valence-electron chi connectivity index (χ3n) is 2.31. The molecule has 0 radical (unpaired) electrons. The van der Waals surface area contributed by atoms with Crippen molar-refractivity contribution in [3.05, 3.63) is 28.0 Å². The number of hydrogen-bond acceptors (Lipinski definition) is 6. The van der Waals surface area contributed by atoms with E-state index in [1.54, 1.807) is 0 Å². The standard InChI is InChI=1S/C10H12N4O4S/c1-5(2)14-9(17)11-12-10(14)19-4-6-3-7(8(15)16)13-18-6/h3,5H,4H2,1-2H3,(H,11,17)(H,15,16). The van der Waals surface area contributed by atoms with Crippen molar-refractivity contribution in [3.8, 4) is 0 Å². The molecule has 0 saturated carbocycles. The number of aromatic carboxylic acids is 1. The molecule has 2 N–H and O–H groups in total. The molecule has 0 spiro atoms. The topological polar surface area (TPSA) is 114 Å². The lowest BCUT2D eigenvalue weighted by molar-refractivity contribution is 0.0685. The number of hydrogen-bond donors (Lipinski definition) is 2. The second-order valence-corrected chi connectivity index (χ2v) is 4.99. The Morgan fingerprint density at radius 1 is 1.63 bits per heavy atom. The van der Waals surface area contributed by atoms with Crippen LogP contribution in [-0.4, -0.2) is 31.0 Å². The van der Waals surface area contributed by atoms with Gasteiger partial charge in [0.25, 0.3) is 0 Å². The first-order valence-electron chi connectivity index (χ1n) is 5.47. The van der Waals surface area contributed by atoms with Crippen LogP contribution in [0.3, 0.4) is 0 Å². The van der Waals surface area contributed by atoms with Gasteiger partial charge in [0.15, 0.2) is 10.9 Å². The minimum Gasteiger partial charge on any atom is -0.476 e. The minimum absolute atomic E-state index is 0.0157. The first-order chi connectivity index (χ1) is 8.99. The van der Waals surface area contributed by atoms with E-state index in [0.717, 1.165) is 0 Å². The van der Waals surface area contributed by atoms with Gasteiger partial charge < -0.3 is 9.63 Å². The van der Waals surface area contributed by atoms with Crippen LogP contribution in [0.4, 0.5) is 0 Å². The van der Waals surface area contributed by atoms with Crippen molar-refractivity contribution >= 4 is 17.7 Å². The number of carboxylic acids is 1. The van der Waals surface area contributed by atoms with Crippen molar-refractivity contribution in [2.45, 2.75) is 30.8 Å². The minimum atomic E-state index is -1.14. The van der Waals surface area contributed by atoms with Gasteiger partial charge in [0.2, 0.25) is 0 Å². The highest BCUT2D eigenvalue weighted by atomic mass is 32.2. The summed E-state index contributed by atoms with van der Waals surface area (Å²) in [6.07, 6.45) is 0. The Balaban J connectivity index is 2.10. The molecule has 2 rings (SSSR count). The molecule has 19 heavy (non-hydrogen) atoms. The summed E-state index contributed by atoms with van der Waals surface area (Å²) >= 11 is 1.27. The van der Waals surface area contributed by atoms with Gasteiger partial charge in [-0.15, -0.1) is 5.10 Å². The largest absolute Gasteiger partial charge is 0.476 e. The van der Waals surface area contributed by atoms with Gasteiger partial charge in [0.05, 0.1) is 5.75 Å². The molecule has 0 fully saturated rings. The predicted octanol–water partition coefficient (Wildman–Crippen LogP) is 1.13. The van der Waals surface area contributed by atoms with Crippen LogP contribution in [0.15, 0.2) is 20.5 Å². The third kappa shape index (κ3) is 2.87. The molecule has 0 aliphatic carbocycles. The number of nitrogens with zero attached hydrogens (tertiary/aromatic N) is 3. The van der Waals surface area contributed by atoms with E-state index < -0.39 is 5.97 Å². The average Bonchev–Trinajstić information content (AvgIpc) is 2.92. The van der Waals surface area contributed by atoms with Crippen molar-refractivity contribution in [1.29, 1.82) is 0 Å². The Hall–Kier alpha value is -2.03. The van der Waals surface area contributed by atoms with E-state index in [2.05, 4.69) is 15.4 Å². The van der Waals surface area contributed by atoms with E-state index in [0.29, 0.717) is 16.7 Å². The lowest BCUT2D eigenvalue weighted by Gasteiger charge is -2.07. The summed E-state index contributed by atoms with van der Waals surface area (Å²) in [5.41, 5.74) is -0.417. The Morgan fingerprint density at radius 3 is 2.95 bits per heavy atom. The zero-order valence-corrected chi connectivity index (χ0v) is 11.1. The van der Waals surface area contributed by atoms with Gasteiger partial charge in [-0.25, -0.2) is 14.7 Å². The van der Waals surface area contributed by atoms with Gasteiger partial charge in [-0.05, 0) is 13.8 Å². The molecular weight excluding hydrogens is 272 g/mol. The number of thioether (sulfide) groups is 1. The van der Waals surface area contributed by atoms with Crippen LogP contribution in [0.5, 0.6) is 0 Å². The summed E-state index contributed by atoms with van der Waals surface area (Å²) in [6.45, 7) is 3.75. The Bertz CT molecular complexity index is 642. The fraction of sp³-hybridized carbons (Fsp3) is 0.400. The van der Waals surface area contributed by atoms with Crippen LogP contribution >= 0.6 is 11.8 Å². The van der Waals surface area contributed by atoms with E-state index >= 15 is 0 Å². The predicted molar refractivity (Wildman–Crippen MR) is 66.3 cm³/mol. The van der Waals surface area contributed by atoms with E-state index in [9.17, 15) is 9.59 Å². The second-order valence-electron chi connectivity index (χ2n) is 4.05. The van der Waals surface area contributed by atoms with Gasteiger partial charge >= 0.3 is 11.7 Å². The SMILES string of the molecule is CC(C)n1c(SCc2cc(C(=O)O)no2)n[nH]c1=O. The number of rotatable bonds is 5. The maximum absolute atomic E-state index is 11.5. The molecule has 8 nitrogen and oxygen atoms in total. The van der Waals surface area contributed by atoms with E-state index in [4.69, 9.17) is 9.63 Å². The Labute approximate surface area is 111 Å². The smallest absolute Gasteiger partial charge is 0.358 e. The lowest BCUT2D eigenvalue weighted by atomic mass is 10.4. The van der Waals surface area contributed by atoms with Gasteiger partial charge in [-0.2, -0.15) is 0 Å². The van der Waals surface area contributed by atoms with Crippen molar-refractivity contribution in [1.82, 2.24) is 19.9 Å². The van der Waals surface area contributed by atoms with Gasteiger partial charge in [0, 0.05) is 12.1 Å². The zero-order chi connectivity index (χ0) is 14.0. The Morgan fingerprint density at radius 2 is 2.37 bits per heavy atom. The summed E-state index contributed by atoms with van der Waals surface area (Å²) in [4.78, 5) is 22.1. The average molecular weight is 284 g/mol. The molecular formula is C10H12N4O4S. The summed E-state index contributed by atoms with van der Waals surface area (Å²) in [5.74, 6) is -0.385. The number of aromatic nitrogens is 4. The number of aromatic amines is 1. The third-order valence-corrected chi connectivity index (χ3v) is 3.29.